The Bertz CT molecular complexity index is 835. The summed E-state index contributed by atoms with van der Waals surface area (Å²) in [6.07, 6.45) is 0.198. The van der Waals surface area contributed by atoms with Gasteiger partial charge in [0.15, 0.2) is 0 Å². The van der Waals surface area contributed by atoms with Gasteiger partial charge in [-0.25, -0.2) is 0 Å². The first kappa shape index (κ1) is 21.9. The number of nitriles is 1. The monoisotopic (exact) mass is 426 g/mol. The number of fused-ring (bicyclic) bond motifs is 2. The summed E-state index contributed by atoms with van der Waals surface area (Å²) in [6, 6.07) is 23.4. The van der Waals surface area contributed by atoms with Crippen molar-refractivity contribution < 1.29 is 13.2 Å². The molecular weight excluding hydrogens is 397 g/mol. The summed E-state index contributed by atoms with van der Waals surface area (Å²) in [5.41, 5.74) is 1.33. The van der Waals surface area contributed by atoms with E-state index >= 15 is 0 Å². The molecule has 2 aliphatic heterocycles. The van der Waals surface area contributed by atoms with Crippen LogP contribution >= 0.6 is 0 Å². The molecule has 0 aliphatic carbocycles. The predicted molar refractivity (Wildman–Crippen MR) is 115 cm³/mol. The molecule has 0 aromatic heterocycles. The van der Waals surface area contributed by atoms with Gasteiger partial charge in [-0.15, -0.1) is 0 Å². The van der Waals surface area contributed by atoms with Crippen LogP contribution in [-0.4, -0.2) is 29.7 Å². The summed E-state index contributed by atoms with van der Waals surface area (Å²) in [5, 5.41) is 10.4. The Morgan fingerprint density at radius 2 is 1.39 bits per heavy atom. The van der Waals surface area contributed by atoms with Crippen molar-refractivity contribution in [3.05, 3.63) is 71.8 Å². The quantitative estimate of drug-likeness (QED) is 0.507. The van der Waals surface area contributed by atoms with Crippen LogP contribution in [0.25, 0.3) is 0 Å². The van der Waals surface area contributed by atoms with Gasteiger partial charge in [-0.2, -0.15) is 18.4 Å². The Balaban J connectivity index is 1.52. The molecule has 2 nitrogen and oxygen atoms in total. The van der Waals surface area contributed by atoms with E-state index in [2.05, 4.69) is 11.0 Å². The van der Waals surface area contributed by atoms with Gasteiger partial charge in [0.05, 0.1) is 6.07 Å². The van der Waals surface area contributed by atoms with Gasteiger partial charge in [-0.05, 0) is 62.1 Å². The lowest BCUT2D eigenvalue weighted by molar-refractivity contribution is -0.136. The summed E-state index contributed by atoms with van der Waals surface area (Å²) in [4.78, 5) is 2.32. The number of piperidine rings is 1. The lowest BCUT2D eigenvalue weighted by atomic mass is 9.68. The minimum atomic E-state index is -4.07. The maximum atomic E-state index is 12.6. The fourth-order valence-electron chi connectivity index (χ4n) is 5.84. The fraction of sp³-hybridized carbons (Fsp3) is 0.500. The number of nitrogens with zero attached hydrogens (tertiary/aromatic N) is 2. The highest BCUT2D eigenvalue weighted by molar-refractivity contribution is 5.46. The molecule has 2 aromatic carbocycles. The van der Waals surface area contributed by atoms with Crippen molar-refractivity contribution >= 4 is 0 Å². The first-order chi connectivity index (χ1) is 14.9. The minimum Gasteiger partial charge on any atom is -0.297 e. The van der Waals surface area contributed by atoms with E-state index in [1.165, 1.54) is 0 Å². The SMILES string of the molecule is N#CC(C[C@H]1C[C@H]2CC[C@@H](C1)N2CCCC(F)(F)F)(c1ccccc1)c1ccccc1. The molecule has 0 amide bonds. The van der Waals surface area contributed by atoms with E-state index in [9.17, 15) is 18.4 Å². The van der Waals surface area contributed by atoms with Gasteiger partial charge >= 0.3 is 6.18 Å². The van der Waals surface area contributed by atoms with Crippen LogP contribution in [0.5, 0.6) is 0 Å². The Hall–Kier alpha value is -2.32. The van der Waals surface area contributed by atoms with Gasteiger partial charge < -0.3 is 0 Å². The normalized spacial score (nSPS) is 24.1. The average molecular weight is 427 g/mol. The topological polar surface area (TPSA) is 27.0 Å². The standard InChI is InChI=1S/C26H29F3N2/c27-26(28,29)14-7-15-31-23-12-13-24(31)17-20(16-23)18-25(19-30,21-8-3-1-4-9-21)22-10-5-2-6-11-22/h1-6,8-11,20,23-24H,7,12-18H2/t20-,23+,24-. The van der Waals surface area contributed by atoms with Gasteiger partial charge in [0.1, 0.15) is 5.41 Å². The molecule has 2 aromatic rings. The number of alkyl halides is 3. The van der Waals surface area contributed by atoms with Crippen molar-refractivity contribution in [1.29, 1.82) is 5.26 Å². The molecule has 164 valence electrons. The lowest BCUT2D eigenvalue weighted by Crippen LogP contribution is -2.45. The molecule has 0 saturated carbocycles. The maximum Gasteiger partial charge on any atom is 0.389 e. The van der Waals surface area contributed by atoms with Crippen LogP contribution in [0.15, 0.2) is 60.7 Å². The van der Waals surface area contributed by atoms with Gasteiger partial charge in [0.25, 0.3) is 0 Å². The largest absolute Gasteiger partial charge is 0.389 e. The molecule has 2 aliphatic rings. The van der Waals surface area contributed by atoms with Crippen molar-refractivity contribution in [2.45, 2.75) is 68.6 Å². The molecule has 0 spiro atoms. The molecule has 31 heavy (non-hydrogen) atoms. The Kier molecular flexibility index (Phi) is 6.39. The highest BCUT2D eigenvalue weighted by Gasteiger charge is 2.45. The Morgan fingerprint density at radius 3 is 1.84 bits per heavy atom. The molecule has 2 bridgehead atoms. The molecule has 0 unspecified atom stereocenters. The van der Waals surface area contributed by atoms with E-state index < -0.39 is 18.0 Å². The van der Waals surface area contributed by atoms with Gasteiger partial charge in [-0.3, -0.25) is 4.90 Å². The summed E-state index contributed by atoms with van der Waals surface area (Å²) >= 11 is 0. The number of hydrogen-bond acceptors (Lipinski definition) is 2. The van der Waals surface area contributed by atoms with Crippen molar-refractivity contribution in [2.24, 2.45) is 5.92 Å². The van der Waals surface area contributed by atoms with Crippen LogP contribution in [0, 0.1) is 17.2 Å². The fourth-order valence-corrected chi connectivity index (χ4v) is 5.84. The lowest BCUT2D eigenvalue weighted by Gasteiger charge is -2.42. The number of rotatable bonds is 7. The zero-order chi connectivity index (χ0) is 21.9. The van der Waals surface area contributed by atoms with Crippen molar-refractivity contribution in [1.82, 2.24) is 4.90 Å². The van der Waals surface area contributed by atoms with Gasteiger partial charge in [-0.1, -0.05) is 60.7 Å². The molecule has 4 rings (SSSR count). The van der Waals surface area contributed by atoms with E-state index in [0.29, 0.717) is 24.5 Å². The number of hydrogen-bond donors (Lipinski definition) is 0. The molecule has 5 heteroatoms. The van der Waals surface area contributed by atoms with Gasteiger partial charge in [0, 0.05) is 18.5 Å². The van der Waals surface area contributed by atoms with Crippen LogP contribution in [0.4, 0.5) is 13.2 Å². The molecular formula is C26H29F3N2. The second-order valence-electron chi connectivity index (χ2n) is 9.13. The van der Waals surface area contributed by atoms with E-state index in [0.717, 1.165) is 43.2 Å². The molecule has 2 saturated heterocycles. The van der Waals surface area contributed by atoms with E-state index in [4.69, 9.17) is 0 Å². The van der Waals surface area contributed by atoms with E-state index in [1.807, 2.05) is 60.7 Å². The Labute approximate surface area is 182 Å². The molecule has 0 N–H and O–H groups in total. The van der Waals surface area contributed by atoms with Crippen molar-refractivity contribution in [2.75, 3.05) is 6.54 Å². The third kappa shape index (κ3) is 4.80. The summed E-state index contributed by atoms with van der Waals surface area (Å²) in [5.74, 6) is 0.386. The van der Waals surface area contributed by atoms with Crippen LogP contribution < -0.4 is 0 Å². The first-order valence-electron chi connectivity index (χ1n) is 11.3. The highest BCUT2D eigenvalue weighted by atomic mass is 19.4. The third-order valence-corrected chi connectivity index (χ3v) is 7.18. The third-order valence-electron chi connectivity index (χ3n) is 7.18. The van der Waals surface area contributed by atoms with Crippen LogP contribution in [0.3, 0.4) is 0 Å². The molecule has 2 heterocycles. The summed E-state index contributed by atoms with van der Waals surface area (Å²) in [6.45, 7) is 0.530. The highest BCUT2D eigenvalue weighted by Crippen LogP contribution is 2.46. The second-order valence-corrected chi connectivity index (χ2v) is 9.13. The second kappa shape index (κ2) is 9.04. The van der Waals surface area contributed by atoms with Crippen LogP contribution in [0.1, 0.15) is 56.1 Å². The van der Waals surface area contributed by atoms with E-state index in [1.54, 1.807) is 0 Å². The minimum absolute atomic E-state index is 0.178. The van der Waals surface area contributed by atoms with Crippen LogP contribution in [0.2, 0.25) is 0 Å². The maximum absolute atomic E-state index is 12.6. The predicted octanol–water partition coefficient (Wildman–Crippen LogP) is 6.47. The van der Waals surface area contributed by atoms with Crippen LogP contribution in [-0.2, 0) is 5.41 Å². The zero-order valence-electron chi connectivity index (χ0n) is 17.7. The molecule has 2 fully saturated rings. The zero-order valence-corrected chi connectivity index (χ0v) is 17.7. The van der Waals surface area contributed by atoms with Crippen molar-refractivity contribution in [3.63, 3.8) is 0 Å². The molecule has 3 atom stereocenters. The van der Waals surface area contributed by atoms with Gasteiger partial charge in [0.2, 0.25) is 0 Å². The summed E-state index contributed by atoms with van der Waals surface area (Å²) in [7, 11) is 0. The first-order valence-corrected chi connectivity index (χ1v) is 11.3. The van der Waals surface area contributed by atoms with Crippen molar-refractivity contribution in [3.8, 4) is 6.07 Å². The number of benzene rings is 2. The average Bonchev–Trinajstić information content (AvgIpc) is 3.00. The summed E-state index contributed by atoms with van der Waals surface area (Å²) < 4.78 is 37.7. The number of halogens is 3. The molecule has 0 radical (unpaired) electrons. The van der Waals surface area contributed by atoms with E-state index in [-0.39, 0.29) is 6.42 Å². The Morgan fingerprint density at radius 1 is 0.871 bits per heavy atom. The smallest absolute Gasteiger partial charge is 0.297 e.